The van der Waals surface area contributed by atoms with Crippen molar-refractivity contribution in [3.05, 3.63) is 64.2 Å². The molecule has 4 nitrogen and oxygen atoms in total. The molecular weight excluding hydrogens is 367 g/mol. The van der Waals surface area contributed by atoms with E-state index < -0.39 is 5.82 Å². The molecule has 1 saturated heterocycles. The molecule has 4 rings (SSSR count). The SMILES string of the molecule is Cc1cc(F)cc2c(=O)[nH]c(-c3ccccc3)c(OCCCN3CCCCC3)c12. The highest BCUT2D eigenvalue weighted by Crippen LogP contribution is 2.35. The van der Waals surface area contributed by atoms with Gasteiger partial charge in [-0.2, -0.15) is 0 Å². The zero-order valence-corrected chi connectivity index (χ0v) is 16.8. The largest absolute Gasteiger partial charge is 0.491 e. The number of benzene rings is 2. The van der Waals surface area contributed by atoms with Crippen LogP contribution < -0.4 is 10.3 Å². The number of aromatic amines is 1. The van der Waals surface area contributed by atoms with Gasteiger partial charge in [-0.25, -0.2) is 4.39 Å². The van der Waals surface area contributed by atoms with Crippen LogP contribution in [0.5, 0.6) is 5.75 Å². The first-order valence-electron chi connectivity index (χ1n) is 10.4. The zero-order valence-electron chi connectivity index (χ0n) is 16.8. The second-order valence-corrected chi connectivity index (χ2v) is 7.77. The molecule has 0 unspecified atom stereocenters. The zero-order chi connectivity index (χ0) is 20.2. The van der Waals surface area contributed by atoms with Crippen molar-refractivity contribution in [3.63, 3.8) is 0 Å². The first-order chi connectivity index (χ1) is 14.1. The third-order valence-electron chi connectivity index (χ3n) is 5.61. The van der Waals surface area contributed by atoms with Gasteiger partial charge in [0, 0.05) is 17.5 Å². The van der Waals surface area contributed by atoms with Crippen LogP contribution in [0, 0.1) is 12.7 Å². The third-order valence-corrected chi connectivity index (χ3v) is 5.61. The van der Waals surface area contributed by atoms with Crippen molar-refractivity contribution in [2.45, 2.75) is 32.6 Å². The van der Waals surface area contributed by atoms with E-state index in [1.165, 1.54) is 31.4 Å². The Bertz CT molecular complexity index is 1040. The fourth-order valence-corrected chi connectivity index (χ4v) is 4.18. The van der Waals surface area contributed by atoms with E-state index in [9.17, 15) is 9.18 Å². The number of nitrogens with zero attached hydrogens (tertiary/aromatic N) is 1. The monoisotopic (exact) mass is 394 g/mol. The van der Waals surface area contributed by atoms with E-state index in [1.807, 2.05) is 37.3 Å². The van der Waals surface area contributed by atoms with E-state index in [0.717, 1.165) is 31.6 Å². The molecule has 1 aromatic heterocycles. The van der Waals surface area contributed by atoms with Crippen LogP contribution in [0.15, 0.2) is 47.3 Å². The standard InChI is InChI=1S/C24H27FN2O2/c1-17-15-19(25)16-20-21(17)23(29-14-8-13-27-11-6-3-7-12-27)22(26-24(20)28)18-9-4-2-5-10-18/h2,4-5,9-10,15-16H,3,6-8,11-14H2,1H3,(H,26,28). The molecule has 0 bridgehead atoms. The van der Waals surface area contributed by atoms with Gasteiger partial charge in [-0.05, 0) is 57.0 Å². The number of rotatable bonds is 6. The molecule has 0 spiro atoms. The molecule has 152 valence electrons. The lowest BCUT2D eigenvalue weighted by atomic mass is 10.0. The topological polar surface area (TPSA) is 45.3 Å². The maximum absolute atomic E-state index is 13.9. The highest BCUT2D eigenvalue weighted by atomic mass is 19.1. The van der Waals surface area contributed by atoms with Crippen molar-refractivity contribution in [3.8, 4) is 17.0 Å². The van der Waals surface area contributed by atoms with Crippen LogP contribution in [0.1, 0.15) is 31.2 Å². The molecule has 2 heterocycles. The summed E-state index contributed by atoms with van der Waals surface area (Å²) in [6.45, 7) is 5.70. The van der Waals surface area contributed by atoms with Crippen LogP contribution in [0.25, 0.3) is 22.0 Å². The van der Waals surface area contributed by atoms with Crippen molar-refractivity contribution in [1.82, 2.24) is 9.88 Å². The number of pyridine rings is 1. The quantitative estimate of drug-likeness (QED) is 0.605. The Labute approximate surface area is 170 Å². The lowest BCUT2D eigenvalue weighted by molar-refractivity contribution is 0.205. The fraction of sp³-hybridized carbons (Fsp3) is 0.375. The number of H-pyrrole nitrogens is 1. The number of nitrogens with one attached hydrogen (secondary N) is 1. The molecule has 0 saturated carbocycles. The first kappa shape index (κ1) is 19.6. The number of aromatic nitrogens is 1. The maximum Gasteiger partial charge on any atom is 0.256 e. The lowest BCUT2D eigenvalue weighted by Crippen LogP contribution is -2.31. The number of ether oxygens (including phenoxy) is 1. The van der Waals surface area contributed by atoms with Gasteiger partial charge in [-0.3, -0.25) is 4.79 Å². The molecule has 1 aliphatic rings. The Kier molecular flexibility index (Phi) is 5.95. The number of hydrogen-bond donors (Lipinski definition) is 1. The Morgan fingerprint density at radius 3 is 2.62 bits per heavy atom. The summed E-state index contributed by atoms with van der Waals surface area (Å²) in [5.41, 5.74) is 1.92. The van der Waals surface area contributed by atoms with Crippen LogP contribution in [0.2, 0.25) is 0 Å². The molecule has 29 heavy (non-hydrogen) atoms. The molecule has 5 heteroatoms. The van der Waals surface area contributed by atoms with E-state index in [4.69, 9.17) is 4.74 Å². The van der Waals surface area contributed by atoms with Crippen LogP contribution in [0.4, 0.5) is 4.39 Å². The van der Waals surface area contributed by atoms with Gasteiger partial charge in [0.1, 0.15) is 5.82 Å². The predicted molar refractivity (Wildman–Crippen MR) is 115 cm³/mol. The smallest absolute Gasteiger partial charge is 0.256 e. The Hall–Kier alpha value is -2.66. The molecule has 1 N–H and O–H groups in total. The van der Waals surface area contributed by atoms with Crippen molar-refractivity contribution in [1.29, 1.82) is 0 Å². The number of aryl methyl sites for hydroxylation is 1. The Morgan fingerprint density at radius 2 is 1.86 bits per heavy atom. The Morgan fingerprint density at radius 1 is 1.10 bits per heavy atom. The van der Waals surface area contributed by atoms with Crippen LogP contribution in [-0.4, -0.2) is 36.1 Å². The number of piperidine rings is 1. The van der Waals surface area contributed by atoms with Crippen molar-refractivity contribution >= 4 is 10.8 Å². The van der Waals surface area contributed by atoms with Gasteiger partial charge >= 0.3 is 0 Å². The van der Waals surface area contributed by atoms with Crippen molar-refractivity contribution in [2.75, 3.05) is 26.2 Å². The minimum absolute atomic E-state index is 0.304. The van der Waals surface area contributed by atoms with Gasteiger partial charge in [-0.1, -0.05) is 36.8 Å². The fourth-order valence-electron chi connectivity index (χ4n) is 4.18. The van der Waals surface area contributed by atoms with Gasteiger partial charge in [-0.15, -0.1) is 0 Å². The first-order valence-corrected chi connectivity index (χ1v) is 10.4. The molecule has 3 aromatic rings. The molecule has 1 aliphatic heterocycles. The third kappa shape index (κ3) is 4.35. The predicted octanol–water partition coefficient (Wildman–Crippen LogP) is 4.90. The summed E-state index contributed by atoms with van der Waals surface area (Å²) in [4.78, 5) is 18.1. The normalized spacial score (nSPS) is 15.0. The van der Waals surface area contributed by atoms with E-state index in [-0.39, 0.29) is 5.56 Å². The second-order valence-electron chi connectivity index (χ2n) is 7.77. The van der Waals surface area contributed by atoms with Crippen LogP contribution in [-0.2, 0) is 0 Å². The number of fused-ring (bicyclic) bond motifs is 1. The second kappa shape index (κ2) is 8.78. The molecule has 0 atom stereocenters. The maximum atomic E-state index is 13.9. The van der Waals surface area contributed by atoms with Crippen LogP contribution in [0.3, 0.4) is 0 Å². The average molecular weight is 394 g/mol. The number of halogens is 1. The number of hydrogen-bond acceptors (Lipinski definition) is 3. The van der Waals surface area contributed by atoms with Gasteiger partial charge in [0.25, 0.3) is 5.56 Å². The van der Waals surface area contributed by atoms with Gasteiger partial charge < -0.3 is 14.6 Å². The van der Waals surface area contributed by atoms with Gasteiger partial charge in [0.2, 0.25) is 0 Å². The minimum atomic E-state index is -0.413. The molecular formula is C24H27FN2O2. The van der Waals surface area contributed by atoms with E-state index in [1.54, 1.807) is 0 Å². The summed E-state index contributed by atoms with van der Waals surface area (Å²) >= 11 is 0. The van der Waals surface area contributed by atoms with Gasteiger partial charge in [0.15, 0.2) is 5.75 Å². The minimum Gasteiger partial charge on any atom is -0.491 e. The van der Waals surface area contributed by atoms with Crippen LogP contribution >= 0.6 is 0 Å². The Balaban J connectivity index is 1.67. The molecule has 2 aromatic carbocycles. The van der Waals surface area contributed by atoms with E-state index in [2.05, 4.69) is 9.88 Å². The summed E-state index contributed by atoms with van der Waals surface area (Å²) in [6.07, 6.45) is 4.78. The highest BCUT2D eigenvalue weighted by molar-refractivity contribution is 5.95. The molecule has 0 aliphatic carbocycles. The van der Waals surface area contributed by atoms with E-state index >= 15 is 0 Å². The summed E-state index contributed by atoms with van der Waals surface area (Å²) in [7, 11) is 0. The summed E-state index contributed by atoms with van der Waals surface area (Å²) in [6, 6.07) is 12.4. The van der Waals surface area contributed by atoms with Crippen molar-refractivity contribution in [2.24, 2.45) is 0 Å². The summed E-state index contributed by atoms with van der Waals surface area (Å²) in [5.74, 6) is 0.214. The lowest BCUT2D eigenvalue weighted by Gasteiger charge is -2.26. The summed E-state index contributed by atoms with van der Waals surface area (Å²) < 4.78 is 20.2. The van der Waals surface area contributed by atoms with Gasteiger partial charge in [0.05, 0.1) is 17.7 Å². The number of likely N-dealkylation sites (tertiary alicyclic amines) is 1. The molecule has 0 radical (unpaired) electrons. The highest BCUT2D eigenvalue weighted by Gasteiger charge is 2.18. The van der Waals surface area contributed by atoms with E-state index in [0.29, 0.717) is 34.4 Å². The molecule has 0 amide bonds. The average Bonchev–Trinajstić information content (AvgIpc) is 2.74. The summed E-state index contributed by atoms with van der Waals surface area (Å²) in [5, 5.41) is 1.01. The van der Waals surface area contributed by atoms with Crippen molar-refractivity contribution < 1.29 is 9.13 Å². The molecule has 1 fully saturated rings.